The van der Waals surface area contributed by atoms with E-state index < -0.39 is 31.2 Å². The van der Waals surface area contributed by atoms with Crippen molar-refractivity contribution in [1.82, 2.24) is 5.32 Å². The zero-order valence-corrected chi connectivity index (χ0v) is 11.7. The van der Waals surface area contributed by atoms with E-state index in [1.165, 1.54) is 0 Å². The molecule has 0 radical (unpaired) electrons. The van der Waals surface area contributed by atoms with Crippen LogP contribution in [0.4, 0.5) is 4.39 Å². The first kappa shape index (κ1) is 14.9. The predicted octanol–water partition coefficient (Wildman–Crippen LogP) is 2.28. The summed E-state index contributed by atoms with van der Waals surface area (Å²) in [6.07, 6.45) is 0. The summed E-state index contributed by atoms with van der Waals surface area (Å²) in [6.45, 7) is 5.26. The summed E-state index contributed by atoms with van der Waals surface area (Å²) in [6, 6.07) is 2.75. The van der Waals surface area contributed by atoms with E-state index in [1.807, 2.05) is 0 Å². The Kier molecular flexibility index (Phi) is 4.02. The molecular weight excluding hydrogens is 281 g/mol. The minimum atomic E-state index is -4.07. The van der Waals surface area contributed by atoms with Gasteiger partial charge < -0.3 is 5.32 Å². The predicted molar refractivity (Wildman–Crippen MR) is 66.7 cm³/mol. The number of halogens is 2. The lowest BCUT2D eigenvalue weighted by Crippen LogP contribution is -2.40. The number of benzene rings is 1. The van der Waals surface area contributed by atoms with Crippen LogP contribution in [-0.2, 0) is 9.05 Å². The van der Waals surface area contributed by atoms with E-state index in [0.29, 0.717) is 0 Å². The average Bonchev–Trinajstić information content (AvgIpc) is 2.12. The van der Waals surface area contributed by atoms with Crippen molar-refractivity contribution in [1.29, 1.82) is 0 Å². The zero-order chi connectivity index (χ0) is 14.1. The molecule has 0 saturated heterocycles. The van der Waals surface area contributed by atoms with Gasteiger partial charge in [0.05, 0.1) is 4.90 Å². The summed E-state index contributed by atoms with van der Waals surface area (Å²) in [5, 5.41) is 2.60. The Morgan fingerprint density at radius 1 is 1.28 bits per heavy atom. The van der Waals surface area contributed by atoms with E-state index in [2.05, 4.69) is 5.32 Å². The molecular formula is C11H13ClFNO3S. The molecule has 1 aromatic rings. The molecule has 18 heavy (non-hydrogen) atoms. The molecule has 100 valence electrons. The van der Waals surface area contributed by atoms with Crippen LogP contribution in [-0.4, -0.2) is 19.9 Å². The highest BCUT2D eigenvalue weighted by Gasteiger charge is 2.19. The second-order valence-corrected chi connectivity index (χ2v) is 7.38. The third-order valence-electron chi connectivity index (χ3n) is 1.90. The Morgan fingerprint density at radius 3 is 2.28 bits per heavy atom. The van der Waals surface area contributed by atoms with Crippen molar-refractivity contribution in [3.8, 4) is 0 Å². The molecule has 0 aliphatic rings. The Bertz CT molecular complexity index is 578. The molecule has 1 rings (SSSR count). The van der Waals surface area contributed by atoms with Gasteiger partial charge in [-0.1, -0.05) is 0 Å². The number of hydrogen-bond acceptors (Lipinski definition) is 3. The summed E-state index contributed by atoms with van der Waals surface area (Å²) in [5.41, 5.74) is -0.604. The third-order valence-corrected chi connectivity index (χ3v) is 3.24. The minimum Gasteiger partial charge on any atom is -0.347 e. The maximum absolute atomic E-state index is 13.2. The highest BCUT2D eigenvalue weighted by molar-refractivity contribution is 8.13. The largest absolute Gasteiger partial charge is 0.347 e. The quantitative estimate of drug-likeness (QED) is 0.851. The molecule has 0 fully saturated rings. The van der Waals surface area contributed by atoms with E-state index in [1.54, 1.807) is 20.8 Å². The zero-order valence-electron chi connectivity index (χ0n) is 10.1. The molecule has 7 heteroatoms. The van der Waals surface area contributed by atoms with E-state index in [4.69, 9.17) is 10.7 Å². The number of nitrogens with one attached hydrogen (secondary N) is 1. The maximum atomic E-state index is 13.2. The summed E-state index contributed by atoms with van der Waals surface area (Å²) in [7, 11) is 1.04. The lowest BCUT2D eigenvalue weighted by Gasteiger charge is -2.20. The average molecular weight is 294 g/mol. The number of rotatable bonds is 2. The highest BCUT2D eigenvalue weighted by atomic mass is 35.7. The van der Waals surface area contributed by atoms with Crippen LogP contribution >= 0.6 is 10.7 Å². The summed E-state index contributed by atoms with van der Waals surface area (Å²) < 4.78 is 35.5. The summed E-state index contributed by atoms with van der Waals surface area (Å²) >= 11 is 0. The van der Waals surface area contributed by atoms with Gasteiger partial charge in [-0.2, -0.15) is 0 Å². The molecule has 0 aliphatic carbocycles. The van der Waals surface area contributed by atoms with E-state index >= 15 is 0 Å². The lowest BCUT2D eigenvalue weighted by molar-refractivity contribution is 0.0919. The molecule has 4 nitrogen and oxygen atoms in total. The standard InChI is InChI=1S/C11H13ClFNO3S/c1-11(2,3)14-10(15)7-4-8(13)6-9(5-7)18(12,16)17/h4-6H,1-3H3,(H,14,15). The van der Waals surface area contributed by atoms with E-state index in [-0.39, 0.29) is 5.56 Å². The Labute approximate surface area is 110 Å². The SMILES string of the molecule is CC(C)(C)NC(=O)c1cc(F)cc(S(=O)(=O)Cl)c1. The van der Waals surface area contributed by atoms with Crippen molar-refractivity contribution in [2.24, 2.45) is 0 Å². The van der Waals surface area contributed by atoms with Gasteiger partial charge in [0.25, 0.3) is 15.0 Å². The summed E-state index contributed by atoms with van der Waals surface area (Å²) in [4.78, 5) is 11.3. The van der Waals surface area contributed by atoms with Crippen LogP contribution in [0.3, 0.4) is 0 Å². The Hall–Kier alpha value is -1.14. The molecule has 0 heterocycles. The van der Waals surface area contributed by atoms with Gasteiger partial charge in [0.1, 0.15) is 5.82 Å². The van der Waals surface area contributed by atoms with E-state index in [9.17, 15) is 17.6 Å². The van der Waals surface area contributed by atoms with Crippen LogP contribution in [0.25, 0.3) is 0 Å². The lowest BCUT2D eigenvalue weighted by atomic mass is 10.1. The van der Waals surface area contributed by atoms with Gasteiger partial charge in [0, 0.05) is 21.8 Å². The Balaban J connectivity index is 3.19. The molecule has 0 saturated carbocycles. The molecule has 0 bridgehead atoms. The fourth-order valence-corrected chi connectivity index (χ4v) is 2.04. The molecule has 0 atom stereocenters. The van der Waals surface area contributed by atoms with Crippen LogP contribution in [0, 0.1) is 5.82 Å². The maximum Gasteiger partial charge on any atom is 0.261 e. The van der Waals surface area contributed by atoms with Gasteiger partial charge >= 0.3 is 0 Å². The number of amides is 1. The van der Waals surface area contributed by atoms with Crippen molar-refractivity contribution in [3.05, 3.63) is 29.6 Å². The van der Waals surface area contributed by atoms with Crippen LogP contribution in [0.15, 0.2) is 23.1 Å². The highest BCUT2D eigenvalue weighted by Crippen LogP contribution is 2.18. The molecule has 0 aromatic heterocycles. The fourth-order valence-electron chi connectivity index (χ4n) is 1.25. The van der Waals surface area contributed by atoms with Crippen molar-refractivity contribution >= 4 is 25.6 Å². The van der Waals surface area contributed by atoms with Crippen LogP contribution in [0.1, 0.15) is 31.1 Å². The number of carbonyl (C=O) groups is 1. The first-order valence-corrected chi connectivity index (χ1v) is 7.38. The van der Waals surface area contributed by atoms with Crippen molar-refractivity contribution in [2.75, 3.05) is 0 Å². The van der Waals surface area contributed by atoms with Gasteiger partial charge in [0.15, 0.2) is 0 Å². The second kappa shape index (κ2) is 4.85. The molecule has 1 amide bonds. The van der Waals surface area contributed by atoms with Gasteiger partial charge in [0.2, 0.25) is 0 Å². The molecule has 0 aliphatic heterocycles. The van der Waals surface area contributed by atoms with Gasteiger partial charge in [-0.05, 0) is 39.0 Å². The van der Waals surface area contributed by atoms with Gasteiger partial charge in [-0.15, -0.1) is 0 Å². The minimum absolute atomic E-state index is 0.0934. The Morgan fingerprint density at radius 2 is 1.83 bits per heavy atom. The molecule has 0 spiro atoms. The van der Waals surface area contributed by atoms with Crippen LogP contribution in [0.2, 0.25) is 0 Å². The van der Waals surface area contributed by atoms with Crippen LogP contribution < -0.4 is 5.32 Å². The van der Waals surface area contributed by atoms with Crippen molar-refractivity contribution in [3.63, 3.8) is 0 Å². The summed E-state index contributed by atoms with van der Waals surface area (Å²) in [5.74, 6) is -1.40. The van der Waals surface area contributed by atoms with Gasteiger partial charge in [-0.25, -0.2) is 12.8 Å². The number of hydrogen-bond donors (Lipinski definition) is 1. The third kappa shape index (κ3) is 4.27. The first-order valence-electron chi connectivity index (χ1n) is 5.07. The fraction of sp³-hybridized carbons (Fsp3) is 0.364. The topological polar surface area (TPSA) is 63.2 Å². The van der Waals surface area contributed by atoms with Gasteiger partial charge in [-0.3, -0.25) is 4.79 Å². The van der Waals surface area contributed by atoms with E-state index in [0.717, 1.165) is 18.2 Å². The second-order valence-electron chi connectivity index (χ2n) is 4.82. The molecule has 1 aromatic carbocycles. The van der Waals surface area contributed by atoms with Crippen LogP contribution in [0.5, 0.6) is 0 Å². The van der Waals surface area contributed by atoms with Crippen molar-refractivity contribution in [2.45, 2.75) is 31.2 Å². The number of carbonyl (C=O) groups excluding carboxylic acids is 1. The monoisotopic (exact) mass is 293 g/mol. The smallest absolute Gasteiger partial charge is 0.261 e. The van der Waals surface area contributed by atoms with Crippen molar-refractivity contribution < 1.29 is 17.6 Å². The molecule has 1 N–H and O–H groups in total. The normalized spacial score (nSPS) is 12.3. The molecule has 0 unspecified atom stereocenters. The first-order chi connectivity index (χ1) is 7.99.